The predicted octanol–water partition coefficient (Wildman–Crippen LogP) is 3.20. The van der Waals surface area contributed by atoms with Crippen molar-refractivity contribution in [3.05, 3.63) is 35.4 Å². The van der Waals surface area contributed by atoms with E-state index in [1.54, 1.807) is 0 Å². The van der Waals surface area contributed by atoms with E-state index in [4.69, 9.17) is 4.74 Å². The van der Waals surface area contributed by atoms with Gasteiger partial charge in [-0.3, -0.25) is 0 Å². The molecule has 0 aliphatic heterocycles. The largest absolute Gasteiger partial charge is 0.497 e. The number of rotatable bonds is 4. The fraction of sp³-hybridized carbons (Fsp3) is 0.308. The fourth-order valence-corrected chi connectivity index (χ4v) is 1.33. The first-order chi connectivity index (χ1) is 8.88. The molecule has 0 amide bonds. The Balaban J connectivity index is 3.08. The summed E-state index contributed by atoms with van der Waals surface area (Å²) in [4.78, 5) is 11.3. The van der Waals surface area contributed by atoms with E-state index in [0.29, 0.717) is 5.75 Å². The topological polar surface area (TPSA) is 35.5 Å². The number of carbonyl (C=O) groups is 1. The fourth-order valence-electron chi connectivity index (χ4n) is 1.33. The molecule has 6 heteroatoms. The average Bonchev–Trinajstić information content (AvgIpc) is 2.35. The first-order valence-corrected chi connectivity index (χ1v) is 5.48. The lowest BCUT2D eigenvalue weighted by Crippen LogP contribution is -2.22. The summed E-state index contributed by atoms with van der Waals surface area (Å²) in [5.74, 6) is -0.868. The number of esters is 1. The van der Waals surface area contributed by atoms with Crippen LogP contribution in [0.5, 0.6) is 5.75 Å². The molecule has 0 aliphatic rings. The van der Waals surface area contributed by atoms with Crippen molar-refractivity contribution in [2.24, 2.45) is 0 Å². The lowest BCUT2D eigenvalue weighted by Gasteiger charge is -2.10. The molecule has 0 bridgehead atoms. The van der Waals surface area contributed by atoms with E-state index >= 15 is 0 Å². The van der Waals surface area contributed by atoms with Crippen LogP contribution in [0.2, 0.25) is 0 Å². The molecule has 0 unspecified atom stereocenters. The van der Waals surface area contributed by atoms with Gasteiger partial charge in [0.2, 0.25) is 0 Å². The molecule has 0 atom stereocenters. The van der Waals surface area contributed by atoms with Crippen LogP contribution >= 0.6 is 0 Å². The van der Waals surface area contributed by atoms with E-state index in [9.17, 15) is 18.0 Å². The Kier molecular flexibility index (Phi) is 4.97. The van der Waals surface area contributed by atoms with Crippen molar-refractivity contribution < 1.29 is 27.4 Å². The first kappa shape index (κ1) is 15.1. The Labute approximate surface area is 108 Å². The molecule has 1 aromatic rings. The summed E-state index contributed by atoms with van der Waals surface area (Å²) in [6.45, 7) is 1.33. The van der Waals surface area contributed by atoms with Gasteiger partial charge in [0.1, 0.15) is 11.3 Å². The molecule has 0 spiro atoms. The minimum atomic E-state index is -4.76. The molecular weight excluding hydrogens is 261 g/mol. The molecule has 0 saturated carbocycles. The van der Waals surface area contributed by atoms with E-state index in [2.05, 4.69) is 4.74 Å². The lowest BCUT2D eigenvalue weighted by molar-refractivity contribution is -0.149. The second kappa shape index (κ2) is 6.26. The summed E-state index contributed by atoms with van der Waals surface area (Å²) in [6.07, 6.45) is -4.01. The zero-order valence-electron chi connectivity index (χ0n) is 10.5. The van der Waals surface area contributed by atoms with Crippen molar-refractivity contribution in [3.8, 4) is 5.75 Å². The van der Waals surface area contributed by atoms with Crippen LogP contribution in [-0.2, 0) is 9.53 Å². The van der Waals surface area contributed by atoms with Gasteiger partial charge in [-0.15, -0.1) is 0 Å². The molecule has 19 heavy (non-hydrogen) atoms. The van der Waals surface area contributed by atoms with E-state index in [1.807, 2.05) is 0 Å². The molecule has 3 nitrogen and oxygen atoms in total. The number of hydrogen-bond acceptors (Lipinski definition) is 3. The van der Waals surface area contributed by atoms with Crippen LogP contribution in [0.3, 0.4) is 0 Å². The summed E-state index contributed by atoms with van der Waals surface area (Å²) in [5.41, 5.74) is -1.10. The van der Waals surface area contributed by atoms with Crippen LogP contribution < -0.4 is 4.74 Å². The normalized spacial score (nSPS) is 12.2. The van der Waals surface area contributed by atoms with Gasteiger partial charge in [0.15, 0.2) is 0 Å². The Hall–Kier alpha value is -1.98. The molecule has 0 N–H and O–H groups in total. The summed E-state index contributed by atoms with van der Waals surface area (Å²) < 4.78 is 47.5. The maximum atomic E-state index is 12.7. The van der Waals surface area contributed by atoms with Crippen molar-refractivity contribution in [1.82, 2.24) is 0 Å². The summed E-state index contributed by atoms with van der Waals surface area (Å²) >= 11 is 0. The molecule has 104 valence electrons. The van der Waals surface area contributed by atoms with Gasteiger partial charge >= 0.3 is 12.1 Å². The average molecular weight is 274 g/mol. The van der Waals surface area contributed by atoms with Gasteiger partial charge < -0.3 is 9.47 Å². The molecule has 1 rings (SSSR count). The van der Waals surface area contributed by atoms with Gasteiger partial charge in [0.25, 0.3) is 0 Å². The van der Waals surface area contributed by atoms with Crippen molar-refractivity contribution in [1.29, 1.82) is 0 Å². The second-order valence-corrected chi connectivity index (χ2v) is 3.55. The SMILES string of the molecule is CCOC(=O)/C(=C/c1ccc(OC)cc1)C(F)(F)F. The van der Waals surface area contributed by atoms with Crippen LogP contribution in [-0.4, -0.2) is 25.9 Å². The van der Waals surface area contributed by atoms with Crippen LogP contribution in [0, 0.1) is 0 Å². The van der Waals surface area contributed by atoms with Crippen LogP contribution in [0.15, 0.2) is 29.8 Å². The molecule has 0 fully saturated rings. The highest BCUT2D eigenvalue weighted by molar-refractivity contribution is 5.95. The zero-order valence-corrected chi connectivity index (χ0v) is 10.5. The van der Waals surface area contributed by atoms with Gasteiger partial charge in [-0.05, 0) is 30.7 Å². The number of methoxy groups -OCH3 is 1. The first-order valence-electron chi connectivity index (χ1n) is 5.48. The van der Waals surface area contributed by atoms with Crippen molar-refractivity contribution in [2.75, 3.05) is 13.7 Å². The summed E-state index contributed by atoms with van der Waals surface area (Å²) in [6, 6.07) is 5.85. The highest BCUT2D eigenvalue weighted by Crippen LogP contribution is 2.29. The second-order valence-electron chi connectivity index (χ2n) is 3.55. The monoisotopic (exact) mass is 274 g/mol. The minimum absolute atomic E-state index is 0.116. The summed E-state index contributed by atoms with van der Waals surface area (Å²) in [5, 5.41) is 0. The quantitative estimate of drug-likeness (QED) is 0.624. The number of hydrogen-bond donors (Lipinski definition) is 0. The third kappa shape index (κ3) is 4.31. The van der Waals surface area contributed by atoms with Gasteiger partial charge in [0.05, 0.1) is 13.7 Å². The van der Waals surface area contributed by atoms with Crippen molar-refractivity contribution >= 4 is 12.0 Å². The van der Waals surface area contributed by atoms with Crippen LogP contribution in [0.4, 0.5) is 13.2 Å². The van der Waals surface area contributed by atoms with Gasteiger partial charge in [-0.2, -0.15) is 13.2 Å². The number of ether oxygens (including phenoxy) is 2. The predicted molar refractivity (Wildman–Crippen MR) is 63.7 cm³/mol. The number of halogens is 3. The minimum Gasteiger partial charge on any atom is -0.497 e. The lowest BCUT2D eigenvalue weighted by atomic mass is 10.1. The van der Waals surface area contributed by atoms with E-state index in [-0.39, 0.29) is 12.2 Å². The Morgan fingerprint density at radius 3 is 2.26 bits per heavy atom. The van der Waals surface area contributed by atoms with Crippen molar-refractivity contribution in [3.63, 3.8) is 0 Å². The van der Waals surface area contributed by atoms with E-state index in [0.717, 1.165) is 6.08 Å². The standard InChI is InChI=1S/C13H13F3O3/c1-3-19-12(17)11(13(14,15)16)8-9-4-6-10(18-2)7-5-9/h4-8H,3H2,1-2H3/b11-8-. The zero-order chi connectivity index (χ0) is 14.5. The van der Waals surface area contributed by atoms with Gasteiger partial charge in [-0.25, -0.2) is 4.79 Å². The highest BCUT2D eigenvalue weighted by atomic mass is 19.4. The van der Waals surface area contributed by atoms with Crippen LogP contribution in [0.25, 0.3) is 6.08 Å². The maximum Gasteiger partial charge on any atom is 0.423 e. The number of alkyl halides is 3. The number of benzene rings is 1. The Morgan fingerprint density at radius 2 is 1.84 bits per heavy atom. The smallest absolute Gasteiger partial charge is 0.423 e. The third-order valence-electron chi connectivity index (χ3n) is 2.23. The maximum absolute atomic E-state index is 12.7. The third-order valence-corrected chi connectivity index (χ3v) is 2.23. The van der Waals surface area contributed by atoms with E-state index in [1.165, 1.54) is 38.3 Å². The Bertz CT molecular complexity index is 461. The highest BCUT2D eigenvalue weighted by Gasteiger charge is 2.39. The molecule has 0 heterocycles. The molecule has 1 aromatic carbocycles. The molecule has 0 aromatic heterocycles. The van der Waals surface area contributed by atoms with Crippen molar-refractivity contribution in [2.45, 2.75) is 13.1 Å². The molecular formula is C13H13F3O3. The van der Waals surface area contributed by atoms with Gasteiger partial charge in [0, 0.05) is 0 Å². The summed E-state index contributed by atoms with van der Waals surface area (Å²) in [7, 11) is 1.45. The molecule has 0 radical (unpaired) electrons. The van der Waals surface area contributed by atoms with Crippen LogP contribution in [0.1, 0.15) is 12.5 Å². The van der Waals surface area contributed by atoms with E-state index < -0.39 is 17.7 Å². The van der Waals surface area contributed by atoms with Gasteiger partial charge in [-0.1, -0.05) is 12.1 Å². The Morgan fingerprint density at radius 1 is 1.26 bits per heavy atom. The number of carbonyl (C=O) groups excluding carboxylic acids is 1. The molecule has 0 aliphatic carbocycles. The molecule has 0 saturated heterocycles.